The normalized spacial score (nSPS) is 11.0. The van der Waals surface area contributed by atoms with Crippen molar-refractivity contribution in [3.8, 4) is 11.5 Å². The summed E-state index contributed by atoms with van der Waals surface area (Å²) in [6, 6.07) is 13.3. The highest BCUT2D eigenvalue weighted by Gasteiger charge is 2.12. The van der Waals surface area contributed by atoms with Crippen LogP contribution in [0.4, 0.5) is 10.1 Å². The molecule has 0 aliphatic heterocycles. The van der Waals surface area contributed by atoms with Gasteiger partial charge in [0, 0.05) is 13.3 Å². The van der Waals surface area contributed by atoms with Crippen molar-refractivity contribution in [1.29, 1.82) is 0 Å². The Balaban J connectivity index is 1.66. The molecule has 0 fully saturated rings. The third-order valence-corrected chi connectivity index (χ3v) is 3.44. The van der Waals surface area contributed by atoms with Gasteiger partial charge in [0.05, 0.1) is 11.3 Å². The number of para-hydroxylation sites is 1. The molecular formula is C19H16FN3O2. The zero-order valence-electron chi connectivity index (χ0n) is 13.6. The predicted octanol–water partition coefficient (Wildman–Crippen LogP) is 4.23. The second-order valence-corrected chi connectivity index (χ2v) is 5.38. The Hall–Kier alpha value is -3.28. The van der Waals surface area contributed by atoms with Crippen molar-refractivity contribution in [3.63, 3.8) is 0 Å². The van der Waals surface area contributed by atoms with E-state index in [1.807, 2.05) is 12.1 Å². The van der Waals surface area contributed by atoms with Gasteiger partial charge >= 0.3 is 0 Å². The second-order valence-electron chi connectivity index (χ2n) is 5.38. The summed E-state index contributed by atoms with van der Waals surface area (Å²) < 4.78 is 18.3. The monoisotopic (exact) mass is 337 g/mol. The van der Waals surface area contributed by atoms with Crippen LogP contribution in [-0.2, 0) is 4.79 Å². The molecule has 0 radical (unpaired) electrons. The first-order valence-electron chi connectivity index (χ1n) is 7.73. The zero-order valence-corrected chi connectivity index (χ0v) is 13.6. The highest BCUT2D eigenvalue weighted by molar-refractivity contribution is 5.95. The van der Waals surface area contributed by atoms with Crippen molar-refractivity contribution < 1.29 is 13.6 Å². The van der Waals surface area contributed by atoms with Crippen molar-refractivity contribution in [3.05, 3.63) is 71.9 Å². The summed E-state index contributed by atoms with van der Waals surface area (Å²) in [5.74, 6) is 0.346. The molecule has 0 saturated carbocycles. The molecule has 5 nitrogen and oxygen atoms in total. The minimum Gasteiger partial charge on any atom is -0.421 e. The van der Waals surface area contributed by atoms with Gasteiger partial charge in [-0.1, -0.05) is 36.4 Å². The molecule has 6 heteroatoms. The van der Waals surface area contributed by atoms with Crippen LogP contribution in [0.1, 0.15) is 17.9 Å². The van der Waals surface area contributed by atoms with E-state index in [0.29, 0.717) is 23.0 Å². The highest BCUT2D eigenvalue weighted by atomic mass is 19.1. The lowest BCUT2D eigenvalue weighted by Gasteiger charge is -2.07. The SMILES string of the molecule is Cc1nnc(-c2ccccc2NC(=O)C/C=C/c2ccc(F)cc2)o1. The summed E-state index contributed by atoms with van der Waals surface area (Å²) in [6.45, 7) is 1.71. The maximum absolute atomic E-state index is 12.9. The Morgan fingerprint density at radius 2 is 1.92 bits per heavy atom. The first kappa shape index (κ1) is 16.6. The number of aromatic nitrogens is 2. The number of carbonyl (C=O) groups excluding carboxylic acids is 1. The fraction of sp³-hybridized carbons (Fsp3) is 0.105. The average Bonchev–Trinajstić information content (AvgIpc) is 3.03. The number of hydrogen-bond acceptors (Lipinski definition) is 4. The van der Waals surface area contributed by atoms with Gasteiger partial charge in [-0.3, -0.25) is 4.79 Å². The lowest BCUT2D eigenvalue weighted by atomic mass is 10.1. The van der Waals surface area contributed by atoms with E-state index in [9.17, 15) is 9.18 Å². The number of benzene rings is 2. The topological polar surface area (TPSA) is 68.0 Å². The lowest BCUT2D eigenvalue weighted by Crippen LogP contribution is -2.10. The van der Waals surface area contributed by atoms with Crippen LogP contribution in [-0.4, -0.2) is 16.1 Å². The van der Waals surface area contributed by atoms with Crippen LogP contribution in [0.25, 0.3) is 17.5 Å². The molecule has 1 N–H and O–H groups in total. The van der Waals surface area contributed by atoms with Crippen LogP contribution in [0.15, 0.2) is 59.0 Å². The molecule has 126 valence electrons. The van der Waals surface area contributed by atoms with Crippen LogP contribution in [0.2, 0.25) is 0 Å². The Morgan fingerprint density at radius 3 is 2.64 bits per heavy atom. The zero-order chi connectivity index (χ0) is 17.6. The van der Waals surface area contributed by atoms with E-state index in [2.05, 4.69) is 15.5 Å². The Bertz CT molecular complexity index is 901. The van der Waals surface area contributed by atoms with Gasteiger partial charge < -0.3 is 9.73 Å². The standard InChI is InChI=1S/C19H16FN3O2/c1-13-22-23-19(25-13)16-6-2-3-7-17(16)21-18(24)8-4-5-14-9-11-15(20)12-10-14/h2-7,9-12H,8H2,1H3,(H,21,24)/b5-4+. The molecule has 2 aromatic carbocycles. The molecule has 0 saturated heterocycles. The third-order valence-electron chi connectivity index (χ3n) is 3.44. The number of aryl methyl sites for hydroxylation is 1. The van der Waals surface area contributed by atoms with Crippen LogP contribution in [0.5, 0.6) is 0 Å². The van der Waals surface area contributed by atoms with E-state index >= 15 is 0 Å². The van der Waals surface area contributed by atoms with Crippen LogP contribution in [0, 0.1) is 12.7 Å². The Labute approximate surface area is 144 Å². The van der Waals surface area contributed by atoms with Crippen molar-refractivity contribution in [2.24, 2.45) is 0 Å². The maximum atomic E-state index is 12.9. The van der Waals surface area contributed by atoms with Crippen molar-refractivity contribution in [1.82, 2.24) is 10.2 Å². The molecule has 0 atom stereocenters. The molecule has 3 aromatic rings. The highest BCUT2D eigenvalue weighted by Crippen LogP contribution is 2.26. The van der Waals surface area contributed by atoms with E-state index in [1.165, 1.54) is 12.1 Å². The Morgan fingerprint density at radius 1 is 1.16 bits per heavy atom. The number of nitrogens with one attached hydrogen (secondary N) is 1. The largest absolute Gasteiger partial charge is 0.421 e. The van der Waals surface area contributed by atoms with Gasteiger partial charge in [0.15, 0.2) is 0 Å². The van der Waals surface area contributed by atoms with E-state index in [-0.39, 0.29) is 18.1 Å². The first-order chi connectivity index (χ1) is 12.1. The maximum Gasteiger partial charge on any atom is 0.249 e. The fourth-order valence-electron chi connectivity index (χ4n) is 2.26. The molecule has 0 aliphatic carbocycles. The van der Waals surface area contributed by atoms with Gasteiger partial charge in [-0.15, -0.1) is 10.2 Å². The molecule has 0 bridgehead atoms. The molecule has 25 heavy (non-hydrogen) atoms. The van der Waals surface area contributed by atoms with Crippen LogP contribution in [0.3, 0.4) is 0 Å². The summed E-state index contributed by atoms with van der Waals surface area (Å²) in [5, 5.41) is 10.6. The van der Waals surface area contributed by atoms with Gasteiger partial charge in [-0.05, 0) is 29.8 Å². The van der Waals surface area contributed by atoms with Gasteiger partial charge in [0.1, 0.15) is 5.82 Å². The first-order valence-corrected chi connectivity index (χ1v) is 7.73. The van der Waals surface area contributed by atoms with Gasteiger partial charge in [-0.2, -0.15) is 0 Å². The van der Waals surface area contributed by atoms with Gasteiger partial charge in [0.25, 0.3) is 0 Å². The summed E-state index contributed by atoms with van der Waals surface area (Å²) in [5.41, 5.74) is 2.10. The summed E-state index contributed by atoms with van der Waals surface area (Å²) in [6.07, 6.45) is 3.68. The van der Waals surface area contributed by atoms with Crippen LogP contribution < -0.4 is 5.32 Å². The summed E-state index contributed by atoms with van der Waals surface area (Å²) >= 11 is 0. The molecule has 0 spiro atoms. The molecular weight excluding hydrogens is 321 g/mol. The smallest absolute Gasteiger partial charge is 0.249 e. The Kier molecular flexibility index (Phi) is 4.99. The van der Waals surface area contributed by atoms with Crippen molar-refractivity contribution in [2.45, 2.75) is 13.3 Å². The predicted molar refractivity (Wildman–Crippen MR) is 93.2 cm³/mol. The lowest BCUT2D eigenvalue weighted by molar-refractivity contribution is -0.115. The van der Waals surface area contributed by atoms with Gasteiger partial charge in [0.2, 0.25) is 17.7 Å². The molecule has 1 amide bonds. The van der Waals surface area contributed by atoms with Crippen molar-refractivity contribution >= 4 is 17.7 Å². The minimum atomic E-state index is -0.289. The van der Waals surface area contributed by atoms with E-state index in [0.717, 1.165) is 5.56 Å². The van der Waals surface area contributed by atoms with Gasteiger partial charge in [-0.25, -0.2) is 4.39 Å². The van der Waals surface area contributed by atoms with Crippen LogP contribution >= 0.6 is 0 Å². The number of rotatable bonds is 5. The molecule has 1 heterocycles. The number of hydrogen-bond donors (Lipinski definition) is 1. The quantitative estimate of drug-likeness (QED) is 0.756. The number of carbonyl (C=O) groups is 1. The molecule has 0 unspecified atom stereocenters. The number of anilines is 1. The van der Waals surface area contributed by atoms with E-state index in [1.54, 1.807) is 43.3 Å². The van der Waals surface area contributed by atoms with Crippen molar-refractivity contribution in [2.75, 3.05) is 5.32 Å². The molecule has 0 aliphatic rings. The van der Waals surface area contributed by atoms with E-state index in [4.69, 9.17) is 4.42 Å². The molecule has 3 rings (SSSR count). The molecule has 1 aromatic heterocycles. The minimum absolute atomic E-state index is 0.179. The average molecular weight is 337 g/mol. The number of amides is 1. The summed E-state index contributed by atoms with van der Waals surface area (Å²) in [4.78, 5) is 12.2. The second kappa shape index (κ2) is 7.53. The third kappa shape index (κ3) is 4.38. The number of halogens is 1. The fourth-order valence-corrected chi connectivity index (χ4v) is 2.26. The summed E-state index contributed by atoms with van der Waals surface area (Å²) in [7, 11) is 0. The van der Waals surface area contributed by atoms with E-state index < -0.39 is 0 Å². The number of nitrogens with zero attached hydrogens (tertiary/aromatic N) is 2.